The highest BCUT2D eigenvalue weighted by molar-refractivity contribution is 5.77. The van der Waals surface area contributed by atoms with Gasteiger partial charge in [-0.15, -0.1) is 0 Å². The molecule has 0 bridgehead atoms. The molecule has 0 aliphatic carbocycles. The monoisotopic (exact) mass is 270 g/mol. The maximum Gasteiger partial charge on any atom is 0.317 e. The van der Waals surface area contributed by atoms with E-state index in [9.17, 15) is 9.59 Å². The lowest BCUT2D eigenvalue weighted by atomic mass is 9.80. The van der Waals surface area contributed by atoms with Crippen molar-refractivity contribution in [1.82, 2.24) is 10.2 Å². The van der Waals surface area contributed by atoms with Crippen LogP contribution in [0, 0.1) is 11.3 Å². The molecular formula is C14H26N2O3. The average Bonchev–Trinajstić information content (AvgIpc) is 2.35. The summed E-state index contributed by atoms with van der Waals surface area (Å²) in [7, 11) is 0. The summed E-state index contributed by atoms with van der Waals surface area (Å²) in [5.74, 6) is -0.357. The quantitative estimate of drug-likeness (QED) is 0.823. The number of amides is 2. The highest BCUT2D eigenvalue weighted by Gasteiger charge is 2.38. The van der Waals surface area contributed by atoms with E-state index in [0.29, 0.717) is 31.8 Å². The third-order valence-electron chi connectivity index (χ3n) is 4.22. The summed E-state index contributed by atoms with van der Waals surface area (Å²) in [6.45, 7) is 9.03. The van der Waals surface area contributed by atoms with Crippen molar-refractivity contribution >= 4 is 12.0 Å². The van der Waals surface area contributed by atoms with Crippen molar-refractivity contribution in [2.45, 2.75) is 53.0 Å². The Balaban J connectivity index is 2.51. The Labute approximate surface area is 115 Å². The molecule has 0 radical (unpaired) electrons. The largest absolute Gasteiger partial charge is 0.481 e. The van der Waals surface area contributed by atoms with Crippen molar-refractivity contribution in [1.29, 1.82) is 0 Å². The third-order valence-corrected chi connectivity index (χ3v) is 4.22. The number of nitrogens with one attached hydrogen (secondary N) is 1. The van der Waals surface area contributed by atoms with Crippen molar-refractivity contribution in [3.05, 3.63) is 0 Å². The number of piperidine rings is 1. The highest BCUT2D eigenvalue weighted by atomic mass is 16.4. The first-order chi connectivity index (χ1) is 8.80. The molecule has 1 aliphatic rings. The molecule has 1 rings (SSSR count). The van der Waals surface area contributed by atoms with Crippen molar-refractivity contribution in [2.75, 3.05) is 13.1 Å². The Bertz CT molecular complexity index is 334. The molecule has 1 heterocycles. The number of likely N-dealkylation sites (tertiary alicyclic amines) is 1. The van der Waals surface area contributed by atoms with Crippen LogP contribution in [-0.4, -0.2) is 41.1 Å². The topological polar surface area (TPSA) is 69.6 Å². The van der Waals surface area contributed by atoms with E-state index in [0.717, 1.165) is 6.42 Å². The van der Waals surface area contributed by atoms with Gasteiger partial charge < -0.3 is 15.3 Å². The van der Waals surface area contributed by atoms with E-state index in [-0.39, 0.29) is 12.1 Å². The van der Waals surface area contributed by atoms with Gasteiger partial charge in [-0.25, -0.2) is 4.79 Å². The Kier molecular flexibility index (Phi) is 5.20. The van der Waals surface area contributed by atoms with Gasteiger partial charge in [0.25, 0.3) is 0 Å². The zero-order valence-electron chi connectivity index (χ0n) is 12.4. The third kappa shape index (κ3) is 3.85. The normalized spacial score (nSPS) is 20.2. The van der Waals surface area contributed by atoms with E-state index in [1.807, 2.05) is 0 Å². The molecule has 0 saturated carbocycles. The summed E-state index contributed by atoms with van der Waals surface area (Å²) in [5, 5.41) is 12.2. The number of hydrogen-bond donors (Lipinski definition) is 2. The molecule has 1 atom stereocenters. The van der Waals surface area contributed by atoms with Crippen LogP contribution in [0.1, 0.15) is 47.0 Å². The van der Waals surface area contributed by atoms with E-state index in [2.05, 4.69) is 26.1 Å². The fourth-order valence-corrected chi connectivity index (χ4v) is 2.41. The Morgan fingerprint density at radius 2 is 1.84 bits per heavy atom. The summed E-state index contributed by atoms with van der Waals surface area (Å²) in [6, 6.07) is 0.119. The van der Waals surface area contributed by atoms with Gasteiger partial charge in [0, 0.05) is 19.1 Å². The van der Waals surface area contributed by atoms with Crippen molar-refractivity contribution < 1.29 is 14.7 Å². The SMILES string of the molecule is CCC(NC(=O)N1CCC(C)(C(=O)O)CC1)C(C)C. The lowest BCUT2D eigenvalue weighted by Gasteiger charge is -2.37. The van der Waals surface area contributed by atoms with Gasteiger partial charge in [-0.05, 0) is 32.1 Å². The second kappa shape index (κ2) is 6.26. The summed E-state index contributed by atoms with van der Waals surface area (Å²) in [6.07, 6.45) is 1.95. The van der Waals surface area contributed by atoms with Crippen LogP contribution >= 0.6 is 0 Å². The molecule has 5 heteroatoms. The number of carboxylic acids is 1. The van der Waals surface area contributed by atoms with Gasteiger partial charge in [0.15, 0.2) is 0 Å². The van der Waals surface area contributed by atoms with Crippen LogP contribution < -0.4 is 5.32 Å². The lowest BCUT2D eigenvalue weighted by molar-refractivity contribution is -0.150. The van der Waals surface area contributed by atoms with Crippen LogP contribution in [0.2, 0.25) is 0 Å². The summed E-state index contributed by atoms with van der Waals surface area (Å²) in [5.41, 5.74) is -0.682. The Morgan fingerprint density at radius 1 is 1.32 bits per heavy atom. The van der Waals surface area contributed by atoms with Crippen LogP contribution in [0.5, 0.6) is 0 Å². The molecule has 2 amide bonds. The summed E-state index contributed by atoms with van der Waals surface area (Å²) in [4.78, 5) is 25.0. The van der Waals surface area contributed by atoms with E-state index in [1.54, 1.807) is 11.8 Å². The molecule has 5 nitrogen and oxygen atoms in total. The van der Waals surface area contributed by atoms with Gasteiger partial charge in [0.1, 0.15) is 0 Å². The number of urea groups is 1. The summed E-state index contributed by atoms with van der Waals surface area (Å²) < 4.78 is 0. The zero-order chi connectivity index (χ0) is 14.6. The fraction of sp³-hybridized carbons (Fsp3) is 0.857. The highest BCUT2D eigenvalue weighted by Crippen LogP contribution is 2.31. The minimum absolute atomic E-state index is 0.0620. The molecule has 2 N–H and O–H groups in total. The maximum absolute atomic E-state index is 12.1. The van der Waals surface area contributed by atoms with Crippen LogP contribution in [0.15, 0.2) is 0 Å². The van der Waals surface area contributed by atoms with Crippen molar-refractivity contribution in [2.24, 2.45) is 11.3 Å². The predicted molar refractivity (Wildman–Crippen MR) is 74.0 cm³/mol. The fourth-order valence-electron chi connectivity index (χ4n) is 2.41. The van der Waals surface area contributed by atoms with Crippen LogP contribution in [0.25, 0.3) is 0 Å². The zero-order valence-corrected chi connectivity index (χ0v) is 12.4. The smallest absolute Gasteiger partial charge is 0.317 e. The molecule has 0 aromatic rings. The Morgan fingerprint density at radius 3 is 2.21 bits per heavy atom. The lowest BCUT2D eigenvalue weighted by Crippen LogP contribution is -2.51. The first-order valence-electron chi connectivity index (χ1n) is 7.09. The second-order valence-electron chi connectivity index (χ2n) is 6.06. The molecule has 1 saturated heterocycles. The van der Waals surface area contributed by atoms with Crippen molar-refractivity contribution in [3.63, 3.8) is 0 Å². The molecule has 1 aliphatic heterocycles. The van der Waals surface area contributed by atoms with Gasteiger partial charge in [-0.3, -0.25) is 4.79 Å². The van der Waals surface area contributed by atoms with E-state index in [1.165, 1.54) is 0 Å². The number of carbonyl (C=O) groups excluding carboxylic acids is 1. The van der Waals surface area contributed by atoms with Gasteiger partial charge in [0.2, 0.25) is 0 Å². The number of nitrogens with zero attached hydrogens (tertiary/aromatic N) is 1. The first-order valence-corrected chi connectivity index (χ1v) is 7.09. The molecule has 1 fully saturated rings. The standard InChI is InChI=1S/C14H26N2O3/c1-5-11(10(2)3)15-13(19)16-8-6-14(4,7-9-16)12(17)18/h10-11H,5-9H2,1-4H3,(H,15,19)(H,17,18). The number of rotatable bonds is 4. The molecule has 19 heavy (non-hydrogen) atoms. The molecule has 0 aromatic heterocycles. The van der Waals surface area contributed by atoms with E-state index in [4.69, 9.17) is 5.11 Å². The van der Waals surface area contributed by atoms with E-state index >= 15 is 0 Å². The Hall–Kier alpha value is -1.26. The second-order valence-corrected chi connectivity index (χ2v) is 6.06. The van der Waals surface area contributed by atoms with Gasteiger partial charge in [0.05, 0.1) is 5.41 Å². The van der Waals surface area contributed by atoms with E-state index < -0.39 is 11.4 Å². The van der Waals surface area contributed by atoms with Crippen LogP contribution in [0.4, 0.5) is 4.79 Å². The first kappa shape index (κ1) is 15.8. The molecular weight excluding hydrogens is 244 g/mol. The molecule has 0 aromatic carbocycles. The minimum atomic E-state index is -0.763. The molecule has 0 spiro atoms. The molecule has 110 valence electrons. The van der Waals surface area contributed by atoms with Crippen LogP contribution in [0.3, 0.4) is 0 Å². The number of carbonyl (C=O) groups is 2. The van der Waals surface area contributed by atoms with Gasteiger partial charge in [-0.2, -0.15) is 0 Å². The summed E-state index contributed by atoms with van der Waals surface area (Å²) >= 11 is 0. The van der Waals surface area contributed by atoms with Crippen LogP contribution in [-0.2, 0) is 4.79 Å². The maximum atomic E-state index is 12.1. The number of hydrogen-bond acceptors (Lipinski definition) is 2. The predicted octanol–water partition coefficient (Wildman–Crippen LogP) is 2.32. The number of carboxylic acid groups (broad SMARTS) is 1. The average molecular weight is 270 g/mol. The number of aliphatic carboxylic acids is 1. The molecule has 1 unspecified atom stereocenters. The van der Waals surface area contributed by atoms with Crippen molar-refractivity contribution in [3.8, 4) is 0 Å². The van der Waals surface area contributed by atoms with Gasteiger partial charge in [-0.1, -0.05) is 20.8 Å². The van der Waals surface area contributed by atoms with Gasteiger partial charge >= 0.3 is 12.0 Å². The minimum Gasteiger partial charge on any atom is -0.481 e.